The van der Waals surface area contributed by atoms with E-state index >= 15 is 0 Å². The quantitative estimate of drug-likeness (QED) is 0.850. The Morgan fingerprint density at radius 3 is 2.85 bits per heavy atom. The van der Waals surface area contributed by atoms with Crippen LogP contribution in [0.15, 0.2) is 55.4 Å². The number of hydrogen-bond acceptors (Lipinski definition) is 3. The van der Waals surface area contributed by atoms with E-state index in [1.807, 2.05) is 48.1 Å². The fraction of sp³-hybridized carbons (Fsp3) is 0.200. The van der Waals surface area contributed by atoms with Crippen LogP contribution in [0, 0.1) is 0 Å². The first-order valence-corrected chi connectivity index (χ1v) is 6.28. The first-order valence-electron chi connectivity index (χ1n) is 6.28. The Hall–Kier alpha value is -2.56. The summed E-state index contributed by atoms with van der Waals surface area (Å²) in [4.78, 5) is 16.1. The van der Waals surface area contributed by atoms with Crippen molar-refractivity contribution in [1.29, 1.82) is 0 Å². The van der Waals surface area contributed by atoms with E-state index in [4.69, 9.17) is 4.74 Å². The van der Waals surface area contributed by atoms with Crippen LogP contribution in [0.4, 0.5) is 4.79 Å². The monoisotopic (exact) mass is 271 g/mol. The molecule has 5 nitrogen and oxygen atoms in total. The van der Waals surface area contributed by atoms with E-state index in [9.17, 15) is 4.79 Å². The molecule has 0 saturated carbocycles. The molecule has 2 aromatic rings. The molecule has 1 atom stereocenters. The van der Waals surface area contributed by atoms with Gasteiger partial charge in [0.2, 0.25) is 0 Å². The fourth-order valence-electron chi connectivity index (χ4n) is 1.89. The summed E-state index contributed by atoms with van der Waals surface area (Å²) in [5.74, 6) is 0.742. The zero-order valence-corrected chi connectivity index (χ0v) is 11.3. The summed E-state index contributed by atoms with van der Waals surface area (Å²) in [5, 5.41) is 2.82. The van der Waals surface area contributed by atoms with Crippen molar-refractivity contribution in [3.63, 3.8) is 0 Å². The van der Waals surface area contributed by atoms with Gasteiger partial charge in [0.1, 0.15) is 18.5 Å². The lowest BCUT2D eigenvalue weighted by Crippen LogP contribution is -2.31. The summed E-state index contributed by atoms with van der Waals surface area (Å²) in [6.07, 6.45) is 4.56. The Morgan fingerprint density at radius 1 is 1.50 bits per heavy atom. The van der Waals surface area contributed by atoms with Crippen LogP contribution in [0.3, 0.4) is 0 Å². The lowest BCUT2D eigenvalue weighted by Gasteiger charge is -2.18. The third-order valence-corrected chi connectivity index (χ3v) is 2.84. The highest BCUT2D eigenvalue weighted by Crippen LogP contribution is 2.20. The maximum absolute atomic E-state index is 11.8. The molecular formula is C15H17N3O2. The van der Waals surface area contributed by atoms with Crippen molar-refractivity contribution < 1.29 is 9.53 Å². The fourth-order valence-corrected chi connectivity index (χ4v) is 1.89. The second-order valence-corrected chi connectivity index (χ2v) is 4.27. The number of nitrogens with zero attached hydrogens (tertiary/aromatic N) is 2. The van der Waals surface area contributed by atoms with Gasteiger partial charge >= 0.3 is 6.09 Å². The molecule has 1 N–H and O–H groups in total. The molecule has 1 aromatic carbocycles. The number of aromatic nitrogens is 2. The summed E-state index contributed by atoms with van der Waals surface area (Å²) in [7, 11) is 1.88. The average Bonchev–Trinajstić information content (AvgIpc) is 2.89. The highest BCUT2D eigenvalue weighted by atomic mass is 16.5. The van der Waals surface area contributed by atoms with Gasteiger partial charge in [-0.05, 0) is 5.56 Å². The first kappa shape index (κ1) is 13.9. The van der Waals surface area contributed by atoms with E-state index in [2.05, 4.69) is 16.9 Å². The van der Waals surface area contributed by atoms with Gasteiger partial charge in [-0.3, -0.25) is 0 Å². The maximum atomic E-state index is 11.8. The molecule has 20 heavy (non-hydrogen) atoms. The van der Waals surface area contributed by atoms with Crippen LogP contribution in [0.1, 0.15) is 17.4 Å². The molecule has 1 amide bonds. The molecule has 0 aliphatic heterocycles. The van der Waals surface area contributed by atoms with Crippen LogP contribution < -0.4 is 5.32 Å². The number of hydrogen-bond donors (Lipinski definition) is 1. The Morgan fingerprint density at radius 2 is 2.25 bits per heavy atom. The van der Waals surface area contributed by atoms with Gasteiger partial charge in [-0.2, -0.15) is 0 Å². The zero-order valence-electron chi connectivity index (χ0n) is 11.3. The molecule has 1 unspecified atom stereocenters. The molecule has 2 rings (SSSR count). The SMILES string of the molecule is C=CCOC(=O)NC(c1ccccc1)c1nccn1C. The zero-order chi connectivity index (χ0) is 14.4. The second-order valence-electron chi connectivity index (χ2n) is 4.27. The standard InChI is InChI=1S/C15H17N3O2/c1-3-11-20-15(19)17-13(12-7-5-4-6-8-12)14-16-9-10-18(14)2/h3-10,13H,1,11H2,2H3,(H,17,19). The number of ether oxygens (including phenoxy) is 1. The minimum atomic E-state index is -0.498. The van der Waals surface area contributed by atoms with Crippen molar-refractivity contribution >= 4 is 6.09 Å². The van der Waals surface area contributed by atoms with Gasteiger partial charge in [0.05, 0.1) is 0 Å². The third-order valence-electron chi connectivity index (χ3n) is 2.84. The van der Waals surface area contributed by atoms with Crippen LogP contribution in [-0.4, -0.2) is 22.3 Å². The number of carbonyl (C=O) groups excluding carboxylic acids is 1. The molecule has 0 fully saturated rings. The van der Waals surface area contributed by atoms with Gasteiger partial charge < -0.3 is 14.6 Å². The molecule has 0 aliphatic carbocycles. The Bertz CT molecular complexity index is 578. The number of rotatable bonds is 5. The average molecular weight is 271 g/mol. The molecule has 0 bridgehead atoms. The number of alkyl carbamates (subject to hydrolysis) is 1. The summed E-state index contributed by atoms with van der Waals surface area (Å²) in [5.41, 5.74) is 0.942. The number of imidazole rings is 1. The third kappa shape index (κ3) is 3.26. The van der Waals surface area contributed by atoms with Crippen molar-refractivity contribution in [2.24, 2.45) is 7.05 Å². The summed E-state index contributed by atoms with van der Waals surface area (Å²) >= 11 is 0. The second kappa shape index (κ2) is 6.56. The van der Waals surface area contributed by atoms with Crippen LogP contribution in [-0.2, 0) is 11.8 Å². The molecule has 0 saturated heterocycles. The Kier molecular flexibility index (Phi) is 4.55. The van der Waals surface area contributed by atoms with Crippen LogP contribution in [0.25, 0.3) is 0 Å². The van der Waals surface area contributed by atoms with Gasteiger partial charge in [-0.25, -0.2) is 9.78 Å². The van der Waals surface area contributed by atoms with E-state index in [-0.39, 0.29) is 12.6 Å². The van der Waals surface area contributed by atoms with Crippen LogP contribution in [0.2, 0.25) is 0 Å². The highest BCUT2D eigenvalue weighted by Gasteiger charge is 2.20. The number of benzene rings is 1. The number of aryl methyl sites for hydroxylation is 1. The minimum absolute atomic E-state index is 0.175. The van der Waals surface area contributed by atoms with Gasteiger partial charge in [0.15, 0.2) is 0 Å². The lowest BCUT2D eigenvalue weighted by atomic mass is 10.1. The van der Waals surface area contributed by atoms with Gasteiger partial charge in [-0.15, -0.1) is 0 Å². The van der Waals surface area contributed by atoms with Crippen molar-refractivity contribution in [2.45, 2.75) is 6.04 Å². The van der Waals surface area contributed by atoms with E-state index in [0.717, 1.165) is 11.4 Å². The van der Waals surface area contributed by atoms with Gasteiger partial charge in [0, 0.05) is 19.4 Å². The van der Waals surface area contributed by atoms with Crippen molar-refractivity contribution in [3.8, 4) is 0 Å². The maximum Gasteiger partial charge on any atom is 0.408 e. The minimum Gasteiger partial charge on any atom is -0.445 e. The van der Waals surface area contributed by atoms with Crippen molar-refractivity contribution in [2.75, 3.05) is 6.61 Å². The molecule has 0 aliphatic rings. The molecule has 0 spiro atoms. The molecule has 0 radical (unpaired) electrons. The predicted octanol–water partition coefficient (Wildman–Crippen LogP) is 2.42. The number of nitrogens with one attached hydrogen (secondary N) is 1. The smallest absolute Gasteiger partial charge is 0.408 e. The van der Waals surface area contributed by atoms with E-state index < -0.39 is 6.09 Å². The molecular weight excluding hydrogens is 254 g/mol. The van der Waals surface area contributed by atoms with Crippen molar-refractivity contribution in [3.05, 3.63) is 66.8 Å². The van der Waals surface area contributed by atoms with Gasteiger partial charge in [0.25, 0.3) is 0 Å². The first-order chi connectivity index (χ1) is 9.72. The predicted molar refractivity (Wildman–Crippen MR) is 76.2 cm³/mol. The summed E-state index contributed by atoms with van der Waals surface area (Å²) < 4.78 is 6.84. The van der Waals surface area contributed by atoms with E-state index in [1.165, 1.54) is 6.08 Å². The molecule has 1 heterocycles. The number of amides is 1. The Labute approximate surface area is 117 Å². The van der Waals surface area contributed by atoms with E-state index in [1.54, 1.807) is 6.20 Å². The summed E-state index contributed by atoms with van der Waals surface area (Å²) in [6, 6.07) is 9.28. The van der Waals surface area contributed by atoms with E-state index in [0.29, 0.717) is 0 Å². The summed E-state index contributed by atoms with van der Waals surface area (Å²) in [6.45, 7) is 3.69. The lowest BCUT2D eigenvalue weighted by molar-refractivity contribution is 0.155. The Balaban J connectivity index is 2.24. The molecule has 104 valence electrons. The number of carbonyl (C=O) groups is 1. The largest absolute Gasteiger partial charge is 0.445 e. The molecule has 1 aromatic heterocycles. The van der Waals surface area contributed by atoms with Crippen LogP contribution in [0.5, 0.6) is 0 Å². The highest BCUT2D eigenvalue weighted by molar-refractivity contribution is 5.68. The van der Waals surface area contributed by atoms with Crippen LogP contribution >= 0.6 is 0 Å². The van der Waals surface area contributed by atoms with Crippen molar-refractivity contribution in [1.82, 2.24) is 14.9 Å². The molecule has 5 heteroatoms. The normalized spacial score (nSPS) is 11.7. The topological polar surface area (TPSA) is 56.1 Å². The van der Waals surface area contributed by atoms with Gasteiger partial charge in [-0.1, -0.05) is 43.0 Å².